The Bertz CT molecular complexity index is 625. The van der Waals surface area contributed by atoms with E-state index in [-0.39, 0.29) is 5.91 Å². The Kier molecular flexibility index (Phi) is 5.84. The van der Waals surface area contributed by atoms with E-state index in [1.54, 1.807) is 18.0 Å². The van der Waals surface area contributed by atoms with Crippen molar-refractivity contribution in [1.29, 1.82) is 0 Å². The number of hydrogen-bond acceptors (Lipinski definition) is 2. The molecule has 0 N–H and O–H groups in total. The summed E-state index contributed by atoms with van der Waals surface area (Å²) in [6.07, 6.45) is 0.313. The second-order valence-corrected chi connectivity index (χ2v) is 5.50. The zero-order valence-electron chi connectivity index (χ0n) is 12.9. The number of carbonyl (C=O) groups excluding carboxylic acids is 1. The summed E-state index contributed by atoms with van der Waals surface area (Å²) in [4.78, 5) is 14.0. The van der Waals surface area contributed by atoms with Gasteiger partial charge in [-0.1, -0.05) is 41.9 Å². The third-order valence-electron chi connectivity index (χ3n) is 3.38. The summed E-state index contributed by atoms with van der Waals surface area (Å²) in [6.45, 7) is 3.17. The summed E-state index contributed by atoms with van der Waals surface area (Å²) in [5.41, 5.74) is 1.92. The molecule has 0 atom stereocenters. The van der Waals surface area contributed by atoms with E-state index < -0.39 is 0 Å². The molecule has 3 nitrogen and oxygen atoms in total. The molecule has 0 unspecified atom stereocenters. The number of amides is 1. The largest absolute Gasteiger partial charge is 0.494 e. The Morgan fingerprint density at radius 3 is 2.45 bits per heavy atom. The third-order valence-corrected chi connectivity index (χ3v) is 3.75. The number of rotatable bonds is 6. The zero-order chi connectivity index (χ0) is 15.9. The van der Waals surface area contributed by atoms with Gasteiger partial charge in [-0.2, -0.15) is 0 Å². The number of benzene rings is 2. The Balaban J connectivity index is 1.95. The molecule has 0 aliphatic rings. The maximum atomic E-state index is 12.3. The highest BCUT2D eigenvalue weighted by atomic mass is 35.5. The average molecular weight is 318 g/mol. The molecule has 116 valence electrons. The lowest BCUT2D eigenvalue weighted by atomic mass is 10.1. The molecular formula is C18H20ClNO2. The van der Waals surface area contributed by atoms with Crippen LogP contribution in [0, 0.1) is 0 Å². The van der Waals surface area contributed by atoms with Crippen LogP contribution >= 0.6 is 11.6 Å². The molecule has 0 radical (unpaired) electrons. The van der Waals surface area contributed by atoms with Gasteiger partial charge in [-0.15, -0.1) is 0 Å². The fraction of sp³-hybridized carbons (Fsp3) is 0.278. The van der Waals surface area contributed by atoms with Crippen LogP contribution in [0.2, 0.25) is 5.02 Å². The van der Waals surface area contributed by atoms with E-state index in [2.05, 4.69) is 0 Å². The van der Waals surface area contributed by atoms with Crippen LogP contribution in [0.25, 0.3) is 0 Å². The van der Waals surface area contributed by atoms with Crippen molar-refractivity contribution in [2.75, 3.05) is 13.7 Å². The second kappa shape index (κ2) is 7.85. The molecule has 2 aromatic rings. The van der Waals surface area contributed by atoms with Crippen LogP contribution in [0.1, 0.15) is 18.1 Å². The van der Waals surface area contributed by atoms with E-state index >= 15 is 0 Å². The molecule has 0 aliphatic carbocycles. The molecule has 2 aromatic carbocycles. The normalized spacial score (nSPS) is 10.3. The number of likely N-dealkylation sites (N-methyl/N-ethyl adjacent to an activating group) is 1. The zero-order valence-corrected chi connectivity index (χ0v) is 13.6. The standard InChI is InChI=1S/C18H20ClNO2/c1-3-22-16-10-8-14(9-11-16)13-20(2)18(21)12-15-6-4-5-7-17(15)19/h4-11H,3,12-13H2,1-2H3. The highest BCUT2D eigenvalue weighted by molar-refractivity contribution is 6.31. The summed E-state index contributed by atoms with van der Waals surface area (Å²) >= 11 is 6.10. The van der Waals surface area contributed by atoms with Crippen LogP contribution in [-0.2, 0) is 17.8 Å². The number of nitrogens with zero attached hydrogens (tertiary/aromatic N) is 1. The Morgan fingerprint density at radius 2 is 1.82 bits per heavy atom. The molecule has 0 spiro atoms. The SMILES string of the molecule is CCOc1ccc(CN(C)C(=O)Cc2ccccc2Cl)cc1. The lowest BCUT2D eigenvalue weighted by Crippen LogP contribution is -2.27. The van der Waals surface area contributed by atoms with Crippen molar-refractivity contribution in [2.24, 2.45) is 0 Å². The highest BCUT2D eigenvalue weighted by Crippen LogP contribution is 2.17. The molecule has 2 rings (SSSR count). The van der Waals surface area contributed by atoms with Gasteiger partial charge in [0.2, 0.25) is 5.91 Å². The van der Waals surface area contributed by atoms with Gasteiger partial charge in [0, 0.05) is 18.6 Å². The topological polar surface area (TPSA) is 29.5 Å². The predicted molar refractivity (Wildman–Crippen MR) is 89.2 cm³/mol. The first-order valence-electron chi connectivity index (χ1n) is 7.29. The van der Waals surface area contributed by atoms with Crippen LogP contribution in [-0.4, -0.2) is 24.5 Å². The van der Waals surface area contributed by atoms with E-state index in [4.69, 9.17) is 16.3 Å². The summed E-state index contributed by atoms with van der Waals surface area (Å²) < 4.78 is 5.41. The Labute approximate surface area is 136 Å². The minimum atomic E-state index is 0.0435. The number of ether oxygens (including phenoxy) is 1. The Hall–Kier alpha value is -2.00. The molecular weight excluding hydrogens is 298 g/mol. The van der Waals surface area contributed by atoms with E-state index in [1.165, 1.54) is 0 Å². The molecule has 0 saturated heterocycles. The fourth-order valence-corrected chi connectivity index (χ4v) is 2.36. The minimum absolute atomic E-state index is 0.0435. The molecule has 0 aromatic heterocycles. The van der Waals surface area contributed by atoms with Crippen molar-refractivity contribution in [1.82, 2.24) is 4.90 Å². The van der Waals surface area contributed by atoms with Crippen LogP contribution in [0.4, 0.5) is 0 Å². The summed E-state index contributed by atoms with van der Waals surface area (Å²) in [6, 6.07) is 15.2. The lowest BCUT2D eigenvalue weighted by molar-refractivity contribution is -0.129. The van der Waals surface area contributed by atoms with Crippen molar-refractivity contribution < 1.29 is 9.53 Å². The summed E-state index contributed by atoms with van der Waals surface area (Å²) in [5, 5.41) is 0.630. The van der Waals surface area contributed by atoms with E-state index in [1.807, 2.05) is 49.4 Å². The van der Waals surface area contributed by atoms with Crippen LogP contribution in [0.15, 0.2) is 48.5 Å². The van der Waals surface area contributed by atoms with E-state index in [0.717, 1.165) is 16.9 Å². The first-order chi connectivity index (χ1) is 10.6. The fourth-order valence-electron chi connectivity index (χ4n) is 2.16. The van der Waals surface area contributed by atoms with Gasteiger partial charge in [0.25, 0.3) is 0 Å². The first kappa shape index (κ1) is 16.4. The monoisotopic (exact) mass is 317 g/mol. The number of hydrogen-bond donors (Lipinski definition) is 0. The van der Waals surface area contributed by atoms with Crippen LogP contribution in [0.5, 0.6) is 5.75 Å². The third kappa shape index (κ3) is 4.50. The smallest absolute Gasteiger partial charge is 0.227 e. The minimum Gasteiger partial charge on any atom is -0.494 e. The van der Waals surface area contributed by atoms with Crippen molar-refractivity contribution in [3.05, 3.63) is 64.7 Å². The second-order valence-electron chi connectivity index (χ2n) is 5.09. The van der Waals surface area contributed by atoms with Gasteiger partial charge in [-0.25, -0.2) is 0 Å². The van der Waals surface area contributed by atoms with Crippen molar-refractivity contribution >= 4 is 17.5 Å². The van der Waals surface area contributed by atoms with Gasteiger partial charge in [0.1, 0.15) is 5.75 Å². The summed E-state index contributed by atoms with van der Waals surface area (Å²) in [7, 11) is 1.80. The quantitative estimate of drug-likeness (QED) is 0.807. The predicted octanol–water partition coefficient (Wildman–Crippen LogP) is 3.94. The van der Waals surface area contributed by atoms with Crippen molar-refractivity contribution in [3.8, 4) is 5.75 Å². The summed E-state index contributed by atoms with van der Waals surface area (Å²) in [5.74, 6) is 0.887. The molecule has 22 heavy (non-hydrogen) atoms. The molecule has 0 fully saturated rings. The van der Waals surface area contributed by atoms with Gasteiger partial charge in [-0.3, -0.25) is 4.79 Å². The lowest BCUT2D eigenvalue weighted by Gasteiger charge is -2.18. The van der Waals surface area contributed by atoms with Crippen LogP contribution < -0.4 is 4.74 Å². The molecule has 0 saturated carbocycles. The average Bonchev–Trinajstić information content (AvgIpc) is 2.51. The van der Waals surface area contributed by atoms with Gasteiger partial charge in [0.05, 0.1) is 13.0 Å². The molecule has 0 heterocycles. The van der Waals surface area contributed by atoms with Gasteiger partial charge >= 0.3 is 0 Å². The van der Waals surface area contributed by atoms with E-state index in [0.29, 0.717) is 24.6 Å². The number of halogens is 1. The highest BCUT2D eigenvalue weighted by Gasteiger charge is 2.12. The van der Waals surface area contributed by atoms with Gasteiger partial charge in [-0.05, 0) is 36.2 Å². The van der Waals surface area contributed by atoms with Crippen LogP contribution in [0.3, 0.4) is 0 Å². The van der Waals surface area contributed by atoms with Gasteiger partial charge in [0.15, 0.2) is 0 Å². The molecule has 0 aliphatic heterocycles. The molecule has 0 bridgehead atoms. The maximum Gasteiger partial charge on any atom is 0.227 e. The Morgan fingerprint density at radius 1 is 1.14 bits per heavy atom. The van der Waals surface area contributed by atoms with Gasteiger partial charge < -0.3 is 9.64 Å². The first-order valence-corrected chi connectivity index (χ1v) is 7.67. The molecule has 1 amide bonds. The maximum absolute atomic E-state index is 12.3. The molecule has 4 heteroatoms. The number of carbonyl (C=O) groups is 1. The van der Waals surface area contributed by atoms with Crippen molar-refractivity contribution in [3.63, 3.8) is 0 Å². The van der Waals surface area contributed by atoms with Crippen molar-refractivity contribution in [2.45, 2.75) is 19.9 Å². The van der Waals surface area contributed by atoms with E-state index in [9.17, 15) is 4.79 Å².